The fourth-order valence-electron chi connectivity index (χ4n) is 0.999. The van der Waals surface area contributed by atoms with Crippen LogP contribution in [0.4, 0.5) is 0 Å². The molecule has 1 rings (SSSR count). The number of nitrogens with zero attached hydrogens (tertiary/aromatic N) is 1. The number of aryl methyl sites for hydroxylation is 1. The van der Waals surface area contributed by atoms with E-state index < -0.39 is 0 Å². The molecule has 1 heterocycles. The predicted octanol–water partition coefficient (Wildman–Crippen LogP) is 1.87. The standard InChI is InChI=1S/C8H9ClN2S/c1-5-2-6(4-8(10)12)3-7(9)11-5/h2-3H,4H2,1H3,(H2,10,12). The molecule has 0 aliphatic heterocycles. The normalized spacial score (nSPS) is 9.83. The van der Waals surface area contributed by atoms with Gasteiger partial charge < -0.3 is 5.73 Å². The van der Waals surface area contributed by atoms with Gasteiger partial charge in [0.2, 0.25) is 0 Å². The zero-order valence-electron chi connectivity index (χ0n) is 6.67. The first-order valence-electron chi connectivity index (χ1n) is 3.49. The Morgan fingerprint density at radius 1 is 1.67 bits per heavy atom. The second-order valence-electron chi connectivity index (χ2n) is 2.58. The van der Waals surface area contributed by atoms with E-state index in [0.29, 0.717) is 16.6 Å². The molecule has 0 spiro atoms. The molecule has 0 radical (unpaired) electrons. The Balaban J connectivity index is 2.93. The summed E-state index contributed by atoms with van der Waals surface area (Å²) in [4.78, 5) is 4.49. The Bertz CT molecular complexity index is 292. The topological polar surface area (TPSA) is 38.9 Å². The smallest absolute Gasteiger partial charge is 0.129 e. The van der Waals surface area contributed by atoms with Gasteiger partial charge in [0.1, 0.15) is 5.15 Å². The van der Waals surface area contributed by atoms with Gasteiger partial charge in [0.25, 0.3) is 0 Å². The van der Waals surface area contributed by atoms with E-state index in [4.69, 9.17) is 29.6 Å². The van der Waals surface area contributed by atoms with Crippen molar-refractivity contribution in [2.75, 3.05) is 0 Å². The van der Waals surface area contributed by atoms with E-state index in [1.54, 1.807) is 6.07 Å². The Labute approximate surface area is 81.7 Å². The number of pyridine rings is 1. The Kier molecular flexibility index (Phi) is 3.00. The number of aromatic nitrogens is 1. The third kappa shape index (κ3) is 2.75. The highest BCUT2D eigenvalue weighted by Gasteiger charge is 1.98. The van der Waals surface area contributed by atoms with Crippen molar-refractivity contribution in [1.82, 2.24) is 4.98 Å². The molecule has 0 aliphatic rings. The lowest BCUT2D eigenvalue weighted by Gasteiger charge is -2.01. The van der Waals surface area contributed by atoms with Crippen LogP contribution in [0.5, 0.6) is 0 Å². The molecule has 0 saturated carbocycles. The van der Waals surface area contributed by atoms with Gasteiger partial charge in [-0.15, -0.1) is 0 Å². The Hall–Kier alpha value is -0.670. The summed E-state index contributed by atoms with van der Waals surface area (Å²) >= 11 is 10.5. The number of halogens is 1. The van der Waals surface area contributed by atoms with Crippen molar-refractivity contribution in [2.45, 2.75) is 13.3 Å². The summed E-state index contributed by atoms with van der Waals surface area (Å²) in [5.74, 6) is 0. The first kappa shape index (κ1) is 9.42. The van der Waals surface area contributed by atoms with Crippen LogP contribution in [0.3, 0.4) is 0 Å². The minimum atomic E-state index is 0.469. The minimum absolute atomic E-state index is 0.469. The number of hydrogen-bond acceptors (Lipinski definition) is 2. The molecular weight excluding hydrogens is 192 g/mol. The molecule has 4 heteroatoms. The summed E-state index contributed by atoms with van der Waals surface area (Å²) in [6.45, 7) is 1.88. The fourth-order valence-corrected chi connectivity index (χ4v) is 1.44. The lowest BCUT2D eigenvalue weighted by atomic mass is 10.2. The van der Waals surface area contributed by atoms with Crippen LogP contribution in [0.15, 0.2) is 12.1 Å². The number of hydrogen-bond donors (Lipinski definition) is 1. The van der Waals surface area contributed by atoms with Gasteiger partial charge in [0.15, 0.2) is 0 Å². The van der Waals surface area contributed by atoms with Crippen LogP contribution in [0.25, 0.3) is 0 Å². The first-order valence-corrected chi connectivity index (χ1v) is 4.28. The monoisotopic (exact) mass is 200 g/mol. The quantitative estimate of drug-likeness (QED) is 0.585. The second kappa shape index (κ2) is 3.83. The van der Waals surface area contributed by atoms with Crippen LogP contribution in [0.1, 0.15) is 11.3 Å². The molecule has 12 heavy (non-hydrogen) atoms. The predicted molar refractivity (Wildman–Crippen MR) is 54.5 cm³/mol. The summed E-state index contributed by atoms with van der Waals surface area (Å²) in [5, 5.41) is 0.487. The van der Waals surface area contributed by atoms with Crippen LogP contribution in [0.2, 0.25) is 5.15 Å². The summed E-state index contributed by atoms with van der Waals surface area (Å²) in [6.07, 6.45) is 0.582. The van der Waals surface area contributed by atoms with Crippen molar-refractivity contribution < 1.29 is 0 Å². The number of thiocarbonyl (C=S) groups is 1. The molecule has 2 N–H and O–H groups in total. The molecular formula is C8H9ClN2S. The van der Waals surface area contributed by atoms with Gasteiger partial charge in [-0.05, 0) is 24.6 Å². The largest absolute Gasteiger partial charge is 0.393 e. The van der Waals surface area contributed by atoms with Crippen molar-refractivity contribution in [2.24, 2.45) is 5.73 Å². The highest BCUT2D eigenvalue weighted by molar-refractivity contribution is 7.80. The Morgan fingerprint density at radius 3 is 2.83 bits per heavy atom. The van der Waals surface area contributed by atoms with E-state index in [0.717, 1.165) is 11.3 Å². The van der Waals surface area contributed by atoms with Crippen LogP contribution < -0.4 is 5.73 Å². The molecule has 0 atom stereocenters. The van der Waals surface area contributed by atoms with Crippen LogP contribution >= 0.6 is 23.8 Å². The minimum Gasteiger partial charge on any atom is -0.393 e. The van der Waals surface area contributed by atoms with E-state index in [-0.39, 0.29) is 0 Å². The van der Waals surface area contributed by atoms with Crippen molar-refractivity contribution in [3.05, 3.63) is 28.5 Å². The summed E-state index contributed by atoms with van der Waals surface area (Å²) in [6, 6.07) is 3.69. The van der Waals surface area contributed by atoms with Gasteiger partial charge in [0, 0.05) is 12.1 Å². The molecule has 0 unspecified atom stereocenters. The second-order valence-corrected chi connectivity index (χ2v) is 3.49. The maximum Gasteiger partial charge on any atom is 0.129 e. The number of nitrogens with two attached hydrogens (primary N) is 1. The summed E-state index contributed by atoms with van der Waals surface area (Å²) < 4.78 is 0. The van der Waals surface area contributed by atoms with Crippen molar-refractivity contribution in [3.63, 3.8) is 0 Å². The average molecular weight is 201 g/mol. The van der Waals surface area contributed by atoms with Gasteiger partial charge in [-0.2, -0.15) is 0 Å². The highest BCUT2D eigenvalue weighted by atomic mass is 35.5. The maximum atomic E-state index is 5.74. The zero-order valence-corrected chi connectivity index (χ0v) is 8.25. The highest BCUT2D eigenvalue weighted by Crippen LogP contribution is 2.10. The molecule has 2 nitrogen and oxygen atoms in total. The third-order valence-corrected chi connectivity index (χ3v) is 1.70. The first-order chi connectivity index (χ1) is 5.58. The molecule has 1 aromatic heterocycles. The third-order valence-electron chi connectivity index (χ3n) is 1.36. The van der Waals surface area contributed by atoms with Crippen LogP contribution in [0, 0.1) is 6.92 Å². The van der Waals surface area contributed by atoms with Gasteiger partial charge in [-0.3, -0.25) is 0 Å². The van der Waals surface area contributed by atoms with Crippen molar-refractivity contribution >= 4 is 28.8 Å². The van der Waals surface area contributed by atoms with E-state index in [1.807, 2.05) is 13.0 Å². The SMILES string of the molecule is Cc1cc(CC(N)=S)cc(Cl)n1. The molecule has 1 aromatic rings. The lowest BCUT2D eigenvalue weighted by molar-refractivity contribution is 1.16. The van der Waals surface area contributed by atoms with Gasteiger partial charge in [-0.25, -0.2) is 4.98 Å². The van der Waals surface area contributed by atoms with Crippen molar-refractivity contribution in [3.8, 4) is 0 Å². The van der Waals surface area contributed by atoms with Gasteiger partial charge >= 0.3 is 0 Å². The van der Waals surface area contributed by atoms with E-state index in [9.17, 15) is 0 Å². The summed E-state index contributed by atoms with van der Waals surface area (Å²) in [5.41, 5.74) is 7.29. The molecule has 0 fully saturated rings. The zero-order chi connectivity index (χ0) is 9.14. The van der Waals surface area contributed by atoms with E-state index in [1.165, 1.54) is 0 Å². The van der Waals surface area contributed by atoms with Crippen LogP contribution in [-0.2, 0) is 6.42 Å². The molecule has 0 aromatic carbocycles. The van der Waals surface area contributed by atoms with E-state index >= 15 is 0 Å². The Morgan fingerprint density at radius 2 is 2.33 bits per heavy atom. The molecule has 0 bridgehead atoms. The maximum absolute atomic E-state index is 5.74. The van der Waals surface area contributed by atoms with Gasteiger partial charge in [-0.1, -0.05) is 23.8 Å². The molecule has 64 valence electrons. The molecule has 0 saturated heterocycles. The lowest BCUT2D eigenvalue weighted by Crippen LogP contribution is -2.11. The van der Waals surface area contributed by atoms with Crippen molar-refractivity contribution in [1.29, 1.82) is 0 Å². The summed E-state index contributed by atoms with van der Waals surface area (Å²) in [7, 11) is 0. The fraction of sp³-hybridized carbons (Fsp3) is 0.250. The molecule has 0 aliphatic carbocycles. The van der Waals surface area contributed by atoms with E-state index in [2.05, 4.69) is 4.98 Å². The molecule has 0 amide bonds. The number of rotatable bonds is 2. The van der Waals surface area contributed by atoms with Crippen LogP contribution in [-0.4, -0.2) is 9.97 Å². The van der Waals surface area contributed by atoms with Gasteiger partial charge in [0.05, 0.1) is 4.99 Å². The average Bonchev–Trinajstić information content (AvgIpc) is 1.81.